The maximum atomic E-state index is 12.4. The Hall–Kier alpha value is -3.41. The third-order valence-electron chi connectivity index (χ3n) is 4.16. The van der Waals surface area contributed by atoms with Crippen molar-refractivity contribution in [2.75, 3.05) is 5.32 Å². The number of hydrogen-bond donors (Lipinski definition) is 1. The summed E-state index contributed by atoms with van der Waals surface area (Å²) < 4.78 is 7.14. The van der Waals surface area contributed by atoms with Gasteiger partial charge in [0.1, 0.15) is 17.2 Å². The van der Waals surface area contributed by atoms with E-state index in [4.69, 9.17) is 4.74 Å². The molecule has 1 N–H and O–H groups in total. The Morgan fingerprint density at radius 1 is 1.07 bits per heavy atom. The lowest BCUT2D eigenvalue weighted by molar-refractivity contribution is 0.101. The Labute approximate surface area is 163 Å². The van der Waals surface area contributed by atoms with Crippen LogP contribution in [0.15, 0.2) is 65.5 Å². The van der Waals surface area contributed by atoms with E-state index in [9.17, 15) is 9.59 Å². The van der Waals surface area contributed by atoms with Crippen LogP contribution >= 0.6 is 0 Å². The van der Waals surface area contributed by atoms with Gasteiger partial charge in [-0.3, -0.25) is 9.59 Å². The number of aromatic nitrogens is 2. The summed E-state index contributed by atoms with van der Waals surface area (Å²) in [6, 6.07) is 17.7. The normalized spacial score (nSPS) is 10.5. The van der Waals surface area contributed by atoms with Gasteiger partial charge in [-0.25, -0.2) is 4.68 Å². The number of benzene rings is 2. The molecule has 0 fully saturated rings. The predicted octanol–water partition coefficient (Wildman–Crippen LogP) is 4.40. The first-order valence-electron chi connectivity index (χ1n) is 9.29. The zero-order chi connectivity index (χ0) is 19.9. The molecule has 1 heterocycles. The molecule has 0 atom stereocenters. The van der Waals surface area contributed by atoms with Crippen molar-refractivity contribution >= 4 is 11.6 Å². The first-order valence-corrected chi connectivity index (χ1v) is 9.29. The number of carbonyl (C=O) groups is 1. The van der Waals surface area contributed by atoms with E-state index < -0.39 is 0 Å². The molecule has 0 saturated carbocycles. The monoisotopic (exact) mass is 377 g/mol. The molecule has 0 bridgehead atoms. The van der Waals surface area contributed by atoms with Crippen molar-refractivity contribution in [3.05, 3.63) is 82.3 Å². The largest absolute Gasteiger partial charge is 0.457 e. The number of amides is 1. The summed E-state index contributed by atoms with van der Waals surface area (Å²) in [5.41, 5.74) is 1.74. The van der Waals surface area contributed by atoms with E-state index >= 15 is 0 Å². The number of rotatable bonds is 7. The number of aryl methyl sites for hydroxylation is 2. The molecule has 1 aromatic heterocycles. The van der Waals surface area contributed by atoms with Crippen LogP contribution in [-0.4, -0.2) is 15.7 Å². The molecule has 0 saturated heterocycles. The molecule has 144 valence electrons. The number of hydrogen-bond acceptors (Lipinski definition) is 4. The molecular weight excluding hydrogens is 354 g/mol. The first-order chi connectivity index (χ1) is 13.5. The lowest BCUT2D eigenvalue weighted by Gasteiger charge is -2.09. The zero-order valence-corrected chi connectivity index (χ0v) is 16.0. The summed E-state index contributed by atoms with van der Waals surface area (Å²) in [7, 11) is 0. The van der Waals surface area contributed by atoms with E-state index in [2.05, 4.69) is 10.4 Å². The number of nitrogens with one attached hydrogen (secondary N) is 1. The summed E-state index contributed by atoms with van der Waals surface area (Å²) in [4.78, 5) is 24.3. The molecule has 0 aliphatic rings. The summed E-state index contributed by atoms with van der Waals surface area (Å²) in [5, 5.41) is 6.94. The van der Waals surface area contributed by atoms with Gasteiger partial charge >= 0.3 is 0 Å². The van der Waals surface area contributed by atoms with Crippen LogP contribution in [0, 0.1) is 6.92 Å². The molecule has 0 aliphatic carbocycles. The van der Waals surface area contributed by atoms with Gasteiger partial charge in [-0.1, -0.05) is 25.5 Å². The van der Waals surface area contributed by atoms with E-state index in [-0.39, 0.29) is 17.2 Å². The minimum absolute atomic E-state index is 0.204. The third kappa shape index (κ3) is 5.07. The summed E-state index contributed by atoms with van der Waals surface area (Å²) in [6.07, 6.45) is 1.78. The number of anilines is 1. The standard InChI is InChI=1S/C22H23N3O3/c1-3-4-14-25-21(26)13-12-20(24-25)22(27)23-17-8-10-18(11-9-17)28-19-7-5-6-16(2)15-19/h5-13,15H,3-4,14H2,1-2H3,(H,23,27). The van der Waals surface area contributed by atoms with E-state index in [0.717, 1.165) is 24.2 Å². The van der Waals surface area contributed by atoms with Crippen LogP contribution in [0.3, 0.4) is 0 Å². The highest BCUT2D eigenvalue weighted by molar-refractivity contribution is 6.02. The predicted molar refractivity (Wildman–Crippen MR) is 109 cm³/mol. The average Bonchev–Trinajstić information content (AvgIpc) is 2.69. The van der Waals surface area contributed by atoms with E-state index in [1.807, 2.05) is 38.1 Å². The molecule has 0 aliphatic heterocycles. The highest BCUT2D eigenvalue weighted by Gasteiger charge is 2.10. The van der Waals surface area contributed by atoms with Gasteiger partial charge in [-0.15, -0.1) is 0 Å². The third-order valence-corrected chi connectivity index (χ3v) is 4.16. The fourth-order valence-corrected chi connectivity index (χ4v) is 2.65. The van der Waals surface area contributed by atoms with Crippen molar-refractivity contribution in [1.29, 1.82) is 0 Å². The summed E-state index contributed by atoms with van der Waals surface area (Å²) in [6.45, 7) is 4.54. The molecule has 1 amide bonds. The molecule has 0 spiro atoms. The molecule has 3 rings (SSSR count). The first kappa shape index (κ1) is 19.4. The number of carbonyl (C=O) groups excluding carboxylic acids is 1. The van der Waals surface area contributed by atoms with Gasteiger partial charge in [0, 0.05) is 18.3 Å². The van der Waals surface area contributed by atoms with Gasteiger partial charge in [0.05, 0.1) is 0 Å². The molecule has 6 heteroatoms. The second-order valence-electron chi connectivity index (χ2n) is 6.53. The summed E-state index contributed by atoms with van der Waals surface area (Å²) in [5.74, 6) is 1.07. The fourth-order valence-electron chi connectivity index (χ4n) is 2.65. The van der Waals surface area contributed by atoms with Crippen molar-refractivity contribution < 1.29 is 9.53 Å². The quantitative estimate of drug-likeness (QED) is 0.662. The fraction of sp³-hybridized carbons (Fsp3) is 0.227. The number of unbranched alkanes of at least 4 members (excludes halogenated alkanes) is 1. The van der Waals surface area contributed by atoms with Crippen LogP contribution in [0.5, 0.6) is 11.5 Å². The van der Waals surface area contributed by atoms with Crippen LogP contribution in [0.1, 0.15) is 35.8 Å². The van der Waals surface area contributed by atoms with E-state index in [1.54, 1.807) is 24.3 Å². The lowest BCUT2D eigenvalue weighted by atomic mass is 10.2. The van der Waals surface area contributed by atoms with Gasteiger partial charge < -0.3 is 10.1 Å². The maximum Gasteiger partial charge on any atom is 0.276 e. The molecule has 3 aromatic rings. The van der Waals surface area contributed by atoms with Crippen molar-refractivity contribution in [3.63, 3.8) is 0 Å². The van der Waals surface area contributed by atoms with Crippen molar-refractivity contribution in [3.8, 4) is 11.5 Å². The molecule has 0 radical (unpaired) electrons. The Kier molecular flexibility index (Phi) is 6.22. The molecule has 0 unspecified atom stereocenters. The van der Waals surface area contributed by atoms with Crippen LogP contribution in [-0.2, 0) is 6.54 Å². The maximum absolute atomic E-state index is 12.4. The van der Waals surface area contributed by atoms with Gasteiger partial charge in [0.15, 0.2) is 0 Å². The van der Waals surface area contributed by atoms with Gasteiger partial charge in [-0.2, -0.15) is 5.10 Å². The smallest absolute Gasteiger partial charge is 0.276 e. The van der Waals surface area contributed by atoms with Gasteiger partial charge in [0.2, 0.25) is 0 Å². The zero-order valence-electron chi connectivity index (χ0n) is 16.0. The van der Waals surface area contributed by atoms with Crippen LogP contribution in [0.25, 0.3) is 0 Å². The minimum Gasteiger partial charge on any atom is -0.457 e. The second-order valence-corrected chi connectivity index (χ2v) is 6.53. The van der Waals surface area contributed by atoms with Crippen LogP contribution < -0.4 is 15.6 Å². The molecule has 6 nitrogen and oxygen atoms in total. The molecule has 2 aromatic carbocycles. The highest BCUT2D eigenvalue weighted by Crippen LogP contribution is 2.23. The lowest BCUT2D eigenvalue weighted by Crippen LogP contribution is -2.26. The number of ether oxygens (including phenoxy) is 1. The Bertz CT molecular complexity index is 1010. The number of nitrogens with zero attached hydrogens (tertiary/aromatic N) is 2. The van der Waals surface area contributed by atoms with E-state index in [0.29, 0.717) is 18.0 Å². The average molecular weight is 377 g/mol. The van der Waals surface area contributed by atoms with Gasteiger partial charge in [-0.05, 0) is 61.4 Å². The van der Waals surface area contributed by atoms with Gasteiger partial charge in [0.25, 0.3) is 11.5 Å². The topological polar surface area (TPSA) is 73.2 Å². The Balaban J connectivity index is 1.66. The Morgan fingerprint density at radius 3 is 2.57 bits per heavy atom. The minimum atomic E-state index is -0.363. The SMILES string of the molecule is CCCCn1nc(C(=O)Nc2ccc(Oc3cccc(C)c3)cc2)ccc1=O. The Morgan fingerprint density at radius 2 is 1.86 bits per heavy atom. The van der Waals surface area contributed by atoms with Crippen LogP contribution in [0.4, 0.5) is 5.69 Å². The molecule has 28 heavy (non-hydrogen) atoms. The summed E-state index contributed by atoms with van der Waals surface area (Å²) >= 11 is 0. The second kappa shape index (κ2) is 8.99. The van der Waals surface area contributed by atoms with Crippen molar-refractivity contribution in [2.45, 2.75) is 33.2 Å². The highest BCUT2D eigenvalue weighted by atomic mass is 16.5. The van der Waals surface area contributed by atoms with Crippen molar-refractivity contribution in [1.82, 2.24) is 9.78 Å². The van der Waals surface area contributed by atoms with Crippen LogP contribution in [0.2, 0.25) is 0 Å². The van der Waals surface area contributed by atoms with Crippen molar-refractivity contribution in [2.24, 2.45) is 0 Å². The van der Waals surface area contributed by atoms with E-state index in [1.165, 1.54) is 16.8 Å². The molecular formula is C22H23N3O3.